The highest BCUT2D eigenvalue weighted by Crippen LogP contribution is 2.12. The lowest BCUT2D eigenvalue weighted by atomic mass is 10.1. The zero-order valence-corrected chi connectivity index (χ0v) is 13.3. The highest BCUT2D eigenvalue weighted by Gasteiger charge is 2.21. The van der Waals surface area contributed by atoms with E-state index in [0.717, 1.165) is 17.6 Å². The molecule has 0 saturated heterocycles. The predicted octanol–water partition coefficient (Wildman–Crippen LogP) is 1.80. The molecule has 0 heterocycles. The van der Waals surface area contributed by atoms with Crippen LogP contribution >= 0.6 is 0 Å². The highest BCUT2D eigenvalue weighted by molar-refractivity contribution is 5.57. The molecule has 0 bridgehead atoms. The van der Waals surface area contributed by atoms with Gasteiger partial charge in [0.05, 0.1) is 19.8 Å². The fourth-order valence-corrected chi connectivity index (χ4v) is 1.91. The van der Waals surface area contributed by atoms with Crippen molar-refractivity contribution in [1.29, 1.82) is 0 Å². The Morgan fingerprint density at radius 3 is 2.41 bits per heavy atom. The molecule has 0 N–H and O–H groups in total. The van der Waals surface area contributed by atoms with Crippen LogP contribution in [0.4, 0.5) is 0 Å². The highest BCUT2D eigenvalue weighted by atomic mass is 16.7. The molecule has 0 unspecified atom stereocenters. The molecule has 1 aromatic rings. The van der Waals surface area contributed by atoms with Gasteiger partial charge in [-0.25, -0.2) is 0 Å². The molecule has 0 aliphatic rings. The van der Waals surface area contributed by atoms with Gasteiger partial charge in [0.25, 0.3) is 0 Å². The van der Waals surface area contributed by atoms with E-state index >= 15 is 0 Å². The van der Waals surface area contributed by atoms with Crippen molar-refractivity contribution < 1.29 is 28.5 Å². The number of hydrogen-bond donors (Lipinski definition) is 0. The van der Waals surface area contributed by atoms with Crippen LogP contribution in [0.5, 0.6) is 5.75 Å². The predicted molar refractivity (Wildman–Crippen MR) is 80.9 cm³/mol. The van der Waals surface area contributed by atoms with Crippen LogP contribution in [0.3, 0.4) is 0 Å². The molecule has 0 aromatic heterocycles. The summed E-state index contributed by atoms with van der Waals surface area (Å²) < 4.78 is 26.0. The Balaban J connectivity index is 2.31. The number of carbonyl (C=O) groups excluding carboxylic acids is 1. The lowest BCUT2D eigenvalue weighted by molar-refractivity contribution is -0.145. The van der Waals surface area contributed by atoms with Crippen LogP contribution in [0, 0.1) is 0 Å². The third-order valence-corrected chi connectivity index (χ3v) is 3.16. The molecule has 1 rings (SSSR count). The molecule has 1 aromatic carbocycles. The summed E-state index contributed by atoms with van der Waals surface area (Å²) in [6.07, 6.45) is 0.259. The van der Waals surface area contributed by atoms with Crippen molar-refractivity contribution >= 4 is 6.29 Å². The number of methoxy groups -OCH3 is 3. The van der Waals surface area contributed by atoms with E-state index in [1.54, 1.807) is 14.2 Å². The summed E-state index contributed by atoms with van der Waals surface area (Å²) in [6.45, 7) is 1.01. The van der Waals surface area contributed by atoms with E-state index in [-0.39, 0.29) is 12.9 Å². The number of ether oxygens (including phenoxy) is 5. The number of rotatable bonds is 12. The fraction of sp³-hybridized carbons (Fsp3) is 0.562. The molecule has 2 atom stereocenters. The van der Waals surface area contributed by atoms with Gasteiger partial charge in [-0.15, -0.1) is 0 Å². The van der Waals surface area contributed by atoms with E-state index in [0.29, 0.717) is 19.6 Å². The van der Waals surface area contributed by atoms with Crippen LogP contribution in [0.2, 0.25) is 0 Å². The van der Waals surface area contributed by atoms with Gasteiger partial charge in [-0.05, 0) is 24.1 Å². The minimum atomic E-state index is -0.658. The lowest BCUT2D eigenvalue weighted by Crippen LogP contribution is -2.33. The van der Waals surface area contributed by atoms with Gasteiger partial charge in [0.15, 0.2) is 6.29 Å². The Morgan fingerprint density at radius 1 is 1.14 bits per heavy atom. The summed E-state index contributed by atoms with van der Waals surface area (Å²) in [5.74, 6) is 0.812. The van der Waals surface area contributed by atoms with Crippen molar-refractivity contribution in [2.75, 3.05) is 34.7 Å². The van der Waals surface area contributed by atoms with Crippen LogP contribution < -0.4 is 4.74 Å². The molecule has 0 fully saturated rings. The third kappa shape index (κ3) is 6.53. The van der Waals surface area contributed by atoms with Gasteiger partial charge >= 0.3 is 0 Å². The molecule has 0 amide bonds. The van der Waals surface area contributed by atoms with Gasteiger partial charge in [0, 0.05) is 20.8 Å². The first kappa shape index (κ1) is 18.6. The van der Waals surface area contributed by atoms with E-state index in [1.807, 2.05) is 24.3 Å². The van der Waals surface area contributed by atoms with E-state index < -0.39 is 6.10 Å². The Kier molecular flexibility index (Phi) is 9.41. The van der Waals surface area contributed by atoms with Crippen LogP contribution in [-0.2, 0) is 30.3 Å². The van der Waals surface area contributed by atoms with Crippen molar-refractivity contribution in [2.24, 2.45) is 0 Å². The van der Waals surface area contributed by atoms with Crippen molar-refractivity contribution in [3.05, 3.63) is 29.8 Å². The quantitative estimate of drug-likeness (QED) is 0.333. The van der Waals surface area contributed by atoms with Gasteiger partial charge in [-0.3, -0.25) is 0 Å². The average molecular weight is 312 g/mol. The second kappa shape index (κ2) is 11.1. The van der Waals surface area contributed by atoms with Gasteiger partial charge < -0.3 is 28.5 Å². The van der Waals surface area contributed by atoms with Gasteiger partial charge in [0.2, 0.25) is 0 Å². The summed E-state index contributed by atoms with van der Waals surface area (Å²) in [5.41, 5.74) is 1.05. The normalized spacial score (nSPS) is 13.6. The summed E-state index contributed by atoms with van der Waals surface area (Å²) >= 11 is 0. The minimum Gasteiger partial charge on any atom is -0.497 e. The van der Waals surface area contributed by atoms with E-state index in [9.17, 15) is 4.79 Å². The van der Waals surface area contributed by atoms with Crippen LogP contribution in [0.15, 0.2) is 24.3 Å². The lowest BCUT2D eigenvalue weighted by Gasteiger charge is -2.21. The number of benzene rings is 1. The average Bonchev–Trinajstić information content (AvgIpc) is 2.57. The number of carbonyl (C=O) groups is 1. The second-order valence-electron chi connectivity index (χ2n) is 4.64. The molecule has 0 spiro atoms. The second-order valence-corrected chi connectivity index (χ2v) is 4.64. The van der Waals surface area contributed by atoms with Gasteiger partial charge in [-0.2, -0.15) is 0 Å². The SMILES string of the molecule is COCO[C@H](C=O)[C@@H](CCOCc1ccc(OC)cc1)OC. The maximum Gasteiger partial charge on any atom is 0.151 e. The molecular formula is C16H24O6. The molecule has 6 nitrogen and oxygen atoms in total. The molecule has 124 valence electrons. The summed E-state index contributed by atoms with van der Waals surface area (Å²) in [6, 6.07) is 7.67. The zero-order valence-electron chi connectivity index (χ0n) is 13.3. The monoisotopic (exact) mass is 312 g/mol. The van der Waals surface area contributed by atoms with E-state index in [2.05, 4.69) is 0 Å². The Labute approximate surface area is 131 Å². The largest absolute Gasteiger partial charge is 0.497 e. The zero-order chi connectivity index (χ0) is 16.2. The maximum absolute atomic E-state index is 11.0. The standard InChI is InChI=1S/C16H24O6/c1-18-12-22-16(10-17)15(20-3)8-9-21-11-13-4-6-14(19-2)7-5-13/h4-7,10,15-16H,8-9,11-12H2,1-3H3/t15-,16-/m1/s1. The van der Waals surface area contributed by atoms with Crippen LogP contribution in [0.25, 0.3) is 0 Å². The molecule has 0 saturated carbocycles. The van der Waals surface area contributed by atoms with Crippen molar-refractivity contribution in [3.63, 3.8) is 0 Å². The Morgan fingerprint density at radius 2 is 1.86 bits per heavy atom. The first-order valence-corrected chi connectivity index (χ1v) is 7.04. The van der Waals surface area contributed by atoms with Crippen molar-refractivity contribution in [2.45, 2.75) is 25.2 Å². The summed E-state index contributed by atoms with van der Waals surface area (Å²) in [5, 5.41) is 0. The van der Waals surface area contributed by atoms with Gasteiger partial charge in [0.1, 0.15) is 18.6 Å². The van der Waals surface area contributed by atoms with Crippen LogP contribution in [-0.4, -0.2) is 53.2 Å². The Bertz CT molecular complexity index is 406. The molecule has 0 radical (unpaired) electrons. The smallest absolute Gasteiger partial charge is 0.151 e. The summed E-state index contributed by atoms with van der Waals surface area (Å²) in [7, 11) is 4.67. The van der Waals surface area contributed by atoms with Crippen LogP contribution in [0.1, 0.15) is 12.0 Å². The maximum atomic E-state index is 11.0. The Hall–Kier alpha value is -1.47. The summed E-state index contributed by atoms with van der Waals surface area (Å²) in [4.78, 5) is 11.0. The first-order chi connectivity index (χ1) is 10.7. The molecular weight excluding hydrogens is 288 g/mol. The van der Waals surface area contributed by atoms with E-state index in [1.165, 1.54) is 7.11 Å². The molecule has 0 aliphatic carbocycles. The number of hydrogen-bond acceptors (Lipinski definition) is 6. The third-order valence-electron chi connectivity index (χ3n) is 3.16. The first-order valence-electron chi connectivity index (χ1n) is 7.04. The topological polar surface area (TPSA) is 63.2 Å². The molecule has 22 heavy (non-hydrogen) atoms. The van der Waals surface area contributed by atoms with Crippen molar-refractivity contribution in [1.82, 2.24) is 0 Å². The van der Waals surface area contributed by atoms with Crippen molar-refractivity contribution in [3.8, 4) is 5.75 Å². The minimum absolute atomic E-state index is 0.0516. The van der Waals surface area contributed by atoms with Gasteiger partial charge in [-0.1, -0.05) is 12.1 Å². The molecule has 6 heteroatoms. The molecule has 0 aliphatic heterocycles. The number of aldehydes is 1. The fourth-order valence-electron chi connectivity index (χ4n) is 1.91. The van der Waals surface area contributed by atoms with E-state index in [4.69, 9.17) is 23.7 Å².